The lowest BCUT2D eigenvalue weighted by molar-refractivity contribution is -0.136. The van der Waals surface area contributed by atoms with E-state index in [0.717, 1.165) is 0 Å². The number of nitrogens with zero attached hydrogens (tertiary/aromatic N) is 1. The molecule has 0 saturated heterocycles. The van der Waals surface area contributed by atoms with E-state index in [4.69, 9.17) is 10.2 Å². The third-order valence-electron chi connectivity index (χ3n) is 2.98. The van der Waals surface area contributed by atoms with Gasteiger partial charge in [-0.3, -0.25) is 9.59 Å². The molecule has 0 fully saturated rings. The normalized spacial score (nSPS) is 11.2. The molecule has 0 aliphatic carbocycles. The van der Waals surface area contributed by atoms with Gasteiger partial charge in [-0.1, -0.05) is 6.92 Å². The Kier molecular flexibility index (Phi) is 5.45. The van der Waals surface area contributed by atoms with Gasteiger partial charge in [0, 0.05) is 25.6 Å². The summed E-state index contributed by atoms with van der Waals surface area (Å²) in [4.78, 5) is 23.5. The van der Waals surface area contributed by atoms with Crippen molar-refractivity contribution in [3.63, 3.8) is 0 Å². The summed E-state index contributed by atoms with van der Waals surface area (Å²) in [7, 11) is -2.46. The van der Waals surface area contributed by atoms with Crippen molar-refractivity contribution in [2.75, 3.05) is 18.5 Å². The first-order valence-electron chi connectivity index (χ1n) is 6.29. The summed E-state index contributed by atoms with van der Waals surface area (Å²) in [5.74, 6) is -1.18. The number of nitrogens with two attached hydrogens (primary N) is 1. The monoisotopic (exact) mass is 314 g/mol. The van der Waals surface area contributed by atoms with E-state index < -0.39 is 16.0 Å². The molecule has 0 aliphatic heterocycles. The third kappa shape index (κ3) is 4.54. The van der Waals surface area contributed by atoms with Crippen LogP contribution in [-0.4, -0.2) is 38.9 Å². The minimum absolute atomic E-state index is 0.124. The number of carbonyl (C=O) groups is 2. The average molecular weight is 314 g/mol. The Bertz CT molecular complexity index is 655. The average Bonchev–Trinajstić information content (AvgIpc) is 2.42. The first-order valence-corrected chi connectivity index (χ1v) is 7.84. The van der Waals surface area contributed by atoms with Crippen molar-refractivity contribution in [3.05, 3.63) is 23.8 Å². The Morgan fingerprint density at radius 2 is 1.95 bits per heavy atom. The number of sulfonamides is 1. The molecule has 0 saturated carbocycles. The molecule has 1 aromatic rings. The molecule has 0 aliphatic rings. The smallest absolute Gasteiger partial charge is 0.305 e. The van der Waals surface area contributed by atoms with Crippen LogP contribution in [0, 0.1) is 0 Å². The van der Waals surface area contributed by atoms with Gasteiger partial charge in [0.15, 0.2) is 5.78 Å². The highest BCUT2D eigenvalue weighted by Crippen LogP contribution is 2.25. The SMILES string of the molecule is CCC(=O)c1ccc(N(C)CCC(=O)O)c(S(N)(=O)=O)c1. The summed E-state index contributed by atoms with van der Waals surface area (Å²) in [6.45, 7) is 1.80. The first kappa shape index (κ1) is 17.1. The molecule has 1 rings (SSSR count). The number of hydrogen-bond donors (Lipinski definition) is 2. The van der Waals surface area contributed by atoms with Crippen LogP contribution in [0.3, 0.4) is 0 Å². The summed E-state index contributed by atoms with van der Waals surface area (Å²) >= 11 is 0. The van der Waals surface area contributed by atoms with Gasteiger partial charge in [-0.2, -0.15) is 0 Å². The highest BCUT2D eigenvalue weighted by atomic mass is 32.2. The molecule has 116 valence electrons. The van der Waals surface area contributed by atoms with Crippen LogP contribution in [0.5, 0.6) is 0 Å². The quantitative estimate of drug-likeness (QED) is 0.720. The highest BCUT2D eigenvalue weighted by Gasteiger charge is 2.19. The van der Waals surface area contributed by atoms with Gasteiger partial charge in [0.25, 0.3) is 0 Å². The van der Waals surface area contributed by atoms with Gasteiger partial charge >= 0.3 is 5.97 Å². The van der Waals surface area contributed by atoms with Crippen LogP contribution in [0.1, 0.15) is 30.1 Å². The summed E-state index contributed by atoms with van der Waals surface area (Å²) < 4.78 is 23.4. The van der Waals surface area contributed by atoms with Gasteiger partial charge in [-0.25, -0.2) is 13.6 Å². The summed E-state index contributed by atoms with van der Waals surface area (Å²) in [5.41, 5.74) is 0.531. The van der Waals surface area contributed by atoms with Crippen molar-refractivity contribution in [1.29, 1.82) is 0 Å². The summed E-state index contributed by atoms with van der Waals surface area (Å²) in [6, 6.07) is 4.20. The molecule has 0 heterocycles. The predicted octanol–water partition coefficient (Wildman–Crippen LogP) is 0.838. The zero-order chi connectivity index (χ0) is 16.2. The first-order chi connectivity index (χ1) is 9.66. The minimum Gasteiger partial charge on any atom is -0.481 e. The lowest BCUT2D eigenvalue weighted by Crippen LogP contribution is -2.25. The fourth-order valence-electron chi connectivity index (χ4n) is 1.82. The van der Waals surface area contributed by atoms with Crippen molar-refractivity contribution in [2.45, 2.75) is 24.7 Å². The molecule has 0 spiro atoms. The van der Waals surface area contributed by atoms with E-state index in [-0.39, 0.29) is 41.3 Å². The lowest BCUT2D eigenvalue weighted by atomic mass is 10.1. The Morgan fingerprint density at radius 1 is 1.33 bits per heavy atom. The second kappa shape index (κ2) is 6.68. The Hall–Kier alpha value is -1.93. The molecule has 0 amide bonds. The molecule has 0 aromatic heterocycles. The molecule has 0 atom stereocenters. The van der Waals surface area contributed by atoms with E-state index >= 15 is 0 Å². The molecule has 7 nitrogen and oxygen atoms in total. The number of rotatable bonds is 7. The third-order valence-corrected chi connectivity index (χ3v) is 3.92. The molecule has 0 bridgehead atoms. The maximum absolute atomic E-state index is 11.7. The molecular formula is C13H18N2O5S. The number of aliphatic carboxylic acids is 1. The van der Waals surface area contributed by atoms with E-state index in [9.17, 15) is 18.0 Å². The number of carbonyl (C=O) groups excluding carboxylic acids is 1. The molecule has 8 heteroatoms. The Morgan fingerprint density at radius 3 is 2.43 bits per heavy atom. The fourth-order valence-corrected chi connectivity index (χ4v) is 2.63. The van der Waals surface area contributed by atoms with Crippen molar-refractivity contribution in [1.82, 2.24) is 0 Å². The minimum atomic E-state index is -4.02. The number of benzene rings is 1. The van der Waals surface area contributed by atoms with Crippen molar-refractivity contribution in [2.24, 2.45) is 5.14 Å². The van der Waals surface area contributed by atoms with E-state index in [0.29, 0.717) is 0 Å². The van der Waals surface area contributed by atoms with Crippen LogP contribution in [-0.2, 0) is 14.8 Å². The van der Waals surface area contributed by atoms with E-state index in [2.05, 4.69) is 0 Å². The summed E-state index contributed by atoms with van der Waals surface area (Å²) in [6.07, 6.45) is 0.106. The zero-order valence-corrected chi connectivity index (χ0v) is 12.7. The maximum Gasteiger partial charge on any atom is 0.305 e. The van der Waals surface area contributed by atoms with Crippen LogP contribution in [0.2, 0.25) is 0 Å². The molecular weight excluding hydrogens is 296 g/mol. The van der Waals surface area contributed by atoms with Gasteiger partial charge in [0.2, 0.25) is 10.0 Å². The zero-order valence-electron chi connectivity index (χ0n) is 11.9. The molecule has 1 aromatic carbocycles. The molecule has 0 radical (unpaired) electrons. The van der Waals surface area contributed by atoms with Crippen molar-refractivity contribution < 1.29 is 23.1 Å². The topological polar surface area (TPSA) is 118 Å². The van der Waals surface area contributed by atoms with E-state index in [1.165, 1.54) is 23.1 Å². The number of hydrogen-bond acceptors (Lipinski definition) is 5. The summed E-state index contributed by atoms with van der Waals surface area (Å²) in [5, 5.41) is 13.9. The van der Waals surface area contributed by atoms with Gasteiger partial charge < -0.3 is 10.0 Å². The molecule has 21 heavy (non-hydrogen) atoms. The van der Waals surface area contributed by atoms with Crippen molar-refractivity contribution in [3.8, 4) is 0 Å². The van der Waals surface area contributed by atoms with E-state index in [1.54, 1.807) is 14.0 Å². The second-order valence-corrected chi connectivity index (χ2v) is 6.10. The van der Waals surface area contributed by atoms with Crippen LogP contribution in [0.4, 0.5) is 5.69 Å². The largest absolute Gasteiger partial charge is 0.481 e. The number of Topliss-reactive ketones (excluding diaryl/α,β-unsaturated/α-hetero) is 1. The van der Waals surface area contributed by atoms with Crippen LogP contribution >= 0.6 is 0 Å². The predicted molar refractivity (Wildman–Crippen MR) is 78.0 cm³/mol. The standard InChI is InChI=1S/C13H18N2O5S/c1-3-11(16)9-4-5-10(12(8-9)21(14,19)20)15(2)7-6-13(17)18/h4-5,8H,3,6-7H2,1-2H3,(H,17,18)(H2,14,19,20). The second-order valence-electron chi connectivity index (χ2n) is 4.57. The fraction of sp³-hybridized carbons (Fsp3) is 0.385. The molecule has 3 N–H and O–H groups in total. The number of primary sulfonamides is 1. The number of anilines is 1. The Balaban J connectivity index is 3.26. The van der Waals surface area contributed by atoms with Crippen LogP contribution < -0.4 is 10.0 Å². The number of ketones is 1. The van der Waals surface area contributed by atoms with Crippen molar-refractivity contribution >= 4 is 27.5 Å². The van der Waals surface area contributed by atoms with Gasteiger partial charge in [0.1, 0.15) is 4.90 Å². The highest BCUT2D eigenvalue weighted by molar-refractivity contribution is 7.89. The van der Waals surface area contributed by atoms with E-state index in [1.807, 2.05) is 0 Å². The van der Waals surface area contributed by atoms with Crippen LogP contribution in [0.25, 0.3) is 0 Å². The number of carboxylic acid groups (broad SMARTS) is 1. The lowest BCUT2D eigenvalue weighted by Gasteiger charge is -2.21. The van der Waals surface area contributed by atoms with Gasteiger partial charge in [0.05, 0.1) is 12.1 Å². The maximum atomic E-state index is 11.7. The Labute approximate surface area is 123 Å². The van der Waals surface area contributed by atoms with Gasteiger partial charge in [-0.05, 0) is 18.2 Å². The van der Waals surface area contributed by atoms with Crippen LogP contribution in [0.15, 0.2) is 23.1 Å². The number of carboxylic acids is 1. The van der Waals surface area contributed by atoms with Gasteiger partial charge in [-0.15, -0.1) is 0 Å². The molecule has 0 unspecified atom stereocenters.